The van der Waals surface area contributed by atoms with Crippen LogP contribution in [0.2, 0.25) is 0 Å². The Labute approximate surface area is 171 Å². The highest BCUT2D eigenvalue weighted by Crippen LogP contribution is 2.29. The van der Waals surface area contributed by atoms with Crippen molar-refractivity contribution in [3.63, 3.8) is 0 Å². The number of carbonyl (C=O) groups is 3. The van der Waals surface area contributed by atoms with Gasteiger partial charge in [0.2, 0.25) is 5.91 Å². The van der Waals surface area contributed by atoms with E-state index in [-0.39, 0.29) is 18.9 Å². The Balaban J connectivity index is 1.36. The maximum atomic E-state index is 12.2. The van der Waals surface area contributed by atoms with E-state index >= 15 is 0 Å². The van der Waals surface area contributed by atoms with Crippen LogP contribution in [0.4, 0.5) is 0 Å². The molecule has 0 spiro atoms. The molecule has 2 heterocycles. The zero-order valence-electron chi connectivity index (χ0n) is 15.5. The fourth-order valence-corrected chi connectivity index (χ4v) is 5.19. The molecule has 1 atom stereocenters. The zero-order valence-corrected chi connectivity index (χ0v) is 17.1. The van der Waals surface area contributed by atoms with Crippen LogP contribution in [-0.4, -0.2) is 52.6 Å². The molecule has 2 N–H and O–H groups in total. The number of benzene rings is 1. The van der Waals surface area contributed by atoms with Crippen molar-refractivity contribution < 1.29 is 19.1 Å². The molecule has 0 bridgehead atoms. The Morgan fingerprint density at radius 1 is 1.29 bits per heavy atom. The fourth-order valence-electron chi connectivity index (χ4n) is 3.11. The summed E-state index contributed by atoms with van der Waals surface area (Å²) >= 11 is 3.25. The number of esters is 1. The smallest absolute Gasteiger partial charge is 0.306 e. The molecule has 3 rings (SSSR count). The van der Waals surface area contributed by atoms with Crippen LogP contribution in [-0.2, 0) is 19.1 Å². The van der Waals surface area contributed by atoms with Crippen molar-refractivity contribution in [2.24, 2.45) is 5.73 Å². The van der Waals surface area contributed by atoms with E-state index in [2.05, 4.69) is 4.98 Å². The largest absolute Gasteiger partial charge is 0.456 e. The highest BCUT2D eigenvalue weighted by Gasteiger charge is 2.30. The molecule has 1 saturated heterocycles. The SMILES string of the molecule is NC(=O)[C@H]1CCCCN1C(=O)COC(=O)CCCSc1nc2ccccc2s1. The molecule has 1 aliphatic rings. The van der Waals surface area contributed by atoms with Gasteiger partial charge in [-0.3, -0.25) is 14.4 Å². The van der Waals surface area contributed by atoms with Gasteiger partial charge in [-0.05, 0) is 37.8 Å². The number of para-hydroxylation sites is 1. The Morgan fingerprint density at radius 2 is 2.11 bits per heavy atom. The van der Waals surface area contributed by atoms with Gasteiger partial charge in [-0.15, -0.1) is 11.3 Å². The summed E-state index contributed by atoms with van der Waals surface area (Å²) in [6.45, 7) is 0.135. The summed E-state index contributed by atoms with van der Waals surface area (Å²) in [5, 5.41) is 0. The molecule has 0 saturated carbocycles. The van der Waals surface area contributed by atoms with Gasteiger partial charge in [-0.1, -0.05) is 23.9 Å². The van der Waals surface area contributed by atoms with Crippen molar-refractivity contribution >= 4 is 51.1 Å². The summed E-state index contributed by atoms with van der Waals surface area (Å²) in [6, 6.07) is 7.38. The van der Waals surface area contributed by atoms with Gasteiger partial charge in [0.05, 0.1) is 10.2 Å². The third-order valence-electron chi connectivity index (χ3n) is 4.53. The number of nitrogens with two attached hydrogens (primary N) is 1. The molecule has 7 nitrogen and oxygen atoms in total. The van der Waals surface area contributed by atoms with Crippen LogP contribution in [0.1, 0.15) is 32.1 Å². The molecule has 1 aromatic carbocycles. The van der Waals surface area contributed by atoms with Gasteiger partial charge in [-0.2, -0.15) is 0 Å². The monoisotopic (exact) mass is 421 g/mol. The minimum absolute atomic E-state index is 0.240. The number of piperidine rings is 1. The lowest BCUT2D eigenvalue weighted by Gasteiger charge is -2.33. The van der Waals surface area contributed by atoms with E-state index in [9.17, 15) is 14.4 Å². The minimum atomic E-state index is -0.592. The van der Waals surface area contributed by atoms with E-state index in [4.69, 9.17) is 10.5 Å². The third kappa shape index (κ3) is 5.45. The number of hydrogen-bond acceptors (Lipinski definition) is 7. The van der Waals surface area contributed by atoms with Crippen LogP contribution in [0.25, 0.3) is 10.2 Å². The topological polar surface area (TPSA) is 103 Å². The number of thiazole rings is 1. The predicted octanol–water partition coefficient (Wildman–Crippen LogP) is 2.58. The standard InChI is InChI=1S/C19H23N3O4S2/c20-18(25)14-7-3-4-10-22(14)16(23)12-26-17(24)9-5-11-27-19-21-13-6-1-2-8-15(13)28-19/h1-2,6,8,14H,3-5,7,9-12H2,(H2,20,25)/t14-/m1/s1. The lowest BCUT2D eigenvalue weighted by molar-refractivity contribution is -0.154. The average molecular weight is 422 g/mol. The Hall–Kier alpha value is -2.13. The molecule has 2 aromatic rings. The summed E-state index contributed by atoms with van der Waals surface area (Å²) < 4.78 is 7.21. The quantitative estimate of drug-likeness (QED) is 0.399. The van der Waals surface area contributed by atoms with Crippen LogP contribution in [0, 0.1) is 0 Å². The van der Waals surface area contributed by atoms with Crippen molar-refractivity contribution in [3.05, 3.63) is 24.3 Å². The summed E-state index contributed by atoms with van der Waals surface area (Å²) in [4.78, 5) is 41.6. The van der Waals surface area contributed by atoms with E-state index in [0.29, 0.717) is 19.4 Å². The Bertz CT molecular complexity index is 822. The van der Waals surface area contributed by atoms with Crippen molar-refractivity contribution in [1.82, 2.24) is 9.88 Å². The molecule has 2 amide bonds. The van der Waals surface area contributed by atoms with Gasteiger partial charge in [-0.25, -0.2) is 4.98 Å². The molecule has 0 radical (unpaired) electrons. The van der Waals surface area contributed by atoms with E-state index in [0.717, 1.165) is 33.2 Å². The van der Waals surface area contributed by atoms with Crippen molar-refractivity contribution in [1.29, 1.82) is 0 Å². The second-order valence-electron chi connectivity index (χ2n) is 6.56. The molecule has 1 aromatic heterocycles. The van der Waals surface area contributed by atoms with E-state index < -0.39 is 17.9 Å². The second-order valence-corrected chi connectivity index (χ2v) is 8.93. The number of carbonyl (C=O) groups excluding carboxylic acids is 3. The van der Waals surface area contributed by atoms with Crippen molar-refractivity contribution in [2.45, 2.75) is 42.5 Å². The van der Waals surface area contributed by atoms with Gasteiger partial charge in [0.15, 0.2) is 10.9 Å². The lowest BCUT2D eigenvalue weighted by atomic mass is 10.0. The minimum Gasteiger partial charge on any atom is -0.456 e. The number of nitrogens with zero attached hydrogens (tertiary/aromatic N) is 2. The Morgan fingerprint density at radius 3 is 2.89 bits per heavy atom. The van der Waals surface area contributed by atoms with Crippen molar-refractivity contribution in [2.75, 3.05) is 18.9 Å². The summed E-state index contributed by atoms with van der Waals surface area (Å²) in [7, 11) is 0. The first kappa shape index (κ1) is 20.6. The summed E-state index contributed by atoms with van der Waals surface area (Å²) in [5.74, 6) is -0.531. The number of ether oxygens (including phenoxy) is 1. The normalized spacial score (nSPS) is 16.9. The number of likely N-dealkylation sites (tertiary alicyclic amines) is 1. The van der Waals surface area contributed by atoms with Crippen LogP contribution in [0.15, 0.2) is 28.6 Å². The van der Waals surface area contributed by atoms with Crippen molar-refractivity contribution in [3.8, 4) is 0 Å². The van der Waals surface area contributed by atoms with Crippen LogP contribution in [0.5, 0.6) is 0 Å². The molecule has 0 unspecified atom stereocenters. The molecule has 9 heteroatoms. The van der Waals surface area contributed by atoms with E-state index in [1.807, 2.05) is 24.3 Å². The van der Waals surface area contributed by atoms with E-state index in [1.165, 1.54) is 4.90 Å². The van der Waals surface area contributed by atoms with Gasteiger partial charge in [0.25, 0.3) is 5.91 Å². The first-order valence-corrected chi connectivity index (χ1v) is 11.1. The van der Waals surface area contributed by atoms with Gasteiger partial charge in [0, 0.05) is 18.7 Å². The second kappa shape index (κ2) is 9.88. The highest BCUT2D eigenvalue weighted by molar-refractivity contribution is 8.01. The number of thioether (sulfide) groups is 1. The predicted molar refractivity (Wildman–Crippen MR) is 109 cm³/mol. The van der Waals surface area contributed by atoms with Gasteiger partial charge >= 0.3 is 5.97 Å². The summed E-state index contributed by atoms with van der Waals surface area (Å²) in [6.07, 6.45) is 3.14. The number of amides is 2. The van der Waals surface area contributed by atoms with E-state index in [1.54, 1.807) is 23.1 Å². The molecule has 1 aliphatic heterocycles. The highest BCUT2D eigenvalue weighted by atomic mass is 32.2. The van der Waals surface area contributed by atoms with Crippen LogP contribution in [0.3, 0.4) is 0 Å². The number of hydrogen-bond donors (Lipinski definition) is 1. The Kier molecular flexibility index (Phi) is 7.27. The number of primary amides is 1. The fraction of sp³-hybridized carbons (Fsp3) is 0.474. The van der Waals surface area contributed by atoms with Crippen LogP contribution < -0.4 is 5.73 Å². The molecule has 28 heavy (non-hydrogen) atoms. The zero-order chi connectivity index (χ0) is 19.9. The average Bonchev–Trinajstić information content (AvgIpc) is 3.12. The first-order valence-electron chi connectivity index (χ1n) is 9.27. The maximum absolute atomic E-state index is 12.2. The molecule has 150 valence electrons. The molecular formula is C19H23N3O4S2. The maximum Gasteiger partial charge on any atom is 0.306 e. The molecule has 1 fully saturated rings. The molecule has 0 aliphatic carbocycles. The lowest BCUT2D eigenvalue weighted by Crippen LogP contribution is -2.51. The summed E-state index contributed by atoms with van der Waals surface area (Å²) in [5.41, 5.74) is 6.34. The first-order chi connectivity index (χ1) is 13.5. The van der Waals surface area contributed by atoms with Crippen LogP contribution >= 0.6 is 23.1 Å². The number of fused-ring (bicyclic) bond motifs is 1. The third-order valence-corrected chi connectivity index (χ3v) is 6.80. The van der Waals surface area contributed by atoms with Gasteiger partial charge in [0.1, 0.15) is 6.04 Å². The van der Waals surface area contributed by atoms with Gasteiger partial charge < -0.3 is 15.4 Å². The number of aromatic nitrogens is 1. The number of rotatable bonds is 8. The molecular weight excluding hydrogens is 398 g/mol.